The molecule has 0 aliphatic rings. The number of thiophene rings is 1. The first-order valence-corrected chi connectivity index (χ1v) is 47.6. The van der Waals surface area contributed by atoms with Crippen molar-refractivity contribution < 1.29 is 28.3 Å². The van der Waals surface area contributed by atoms with E-state index in [1.165, 1.54) is 11.3 Å². The van der Waals surface area contributed by atoms with Crippen LogP contribution in [0.2, 0.25) is 0 Å². The van der Waals surface area contributed by atoms with Gasteiger partial charge in [0.05, 0.1) is 79.8 Å². The second kappa shape index (κ2) is 42.0. The summed E-state index contributed by atoms with van der Waals surface area (Å²) in [6.07, 6.45) is 9.55. The fraction of sp³-hybridized carbons (Fsp3) is 0.138. The number of para-hydroxylation sites is 1. The standard InChI is InChI=1S/C31H28N6O2.C31H24N6O.C27H24N6O2.C27H20N6OS/c1-19-15-24(22-7-6-8-23(17-22)30(38)36(3)4)16-20(2)28(19)39-29-27-26(13-14-37(27)5)34-31(35-29)33-25-11-9-21(18-32)10-12-25;1-19-16-22(24-12-14-33-26-7-5-4-6-25(24)26)17-20(2)29(19)38-30-28-27(13-15-37(28)3)35-31(36-30)34-23-10-8-21(18-32)9-11-23;1-15-12-20(23-17(3)32-35-18(23)4)13-16(2)25(15)34-26-24-22(10-11-33(24)5)30-27(31-26)29-21-8-6-19(14-28)7-9-21;1-16-12-19(21-9-11-35-23(21)15-29)13-17(2)25(16)34-26-24-22(8-10-33(24)3)31-27(32-26)30-20-6-4-18(14-28)5-7-20/h6-17H,1-5H3,(H,33,34,35);4-17H,1-3H3,(H,34,35,36);6-13H,1-5H3,(H,29,30,31);4-13H,1-3H3,(H,30,31,32). The maximum Gasteiger partial charge on any atom is 0.253 e. The number of carbonyl (C=O) groups excluding carboxylic acids is 1. The summed E-state index contributed by atoms with van der Waals surface area (Å²) < 4.78 is 39.0. The summed E-state index contributed by atoms with van der Waals surface area (Å²) in [5.74, 6) is 7.08. The highest BCUT2D eigenvalue weighted by Gasteiger charge is 2.26. The molecule has 147 heavy (non-hydrogen) atoms. The molecule has 30 nitrogen and oxygen atoms in total. The zero-order valence-corrected chi connectivity index (χ0v) is 84.0. The molecule has 4 N–H and O–H groups in total. The third kappa shape index (κ3) is 21.1. The summed E-state index contributed by atoms with van der Waals surface area (Å²) in [5, 5.41) is 65.6. The molecule has 1 amide bonds. The molecule has 722 valence electrons. The van der Waals surface area contributed by atoms with Gasteiger partial charge in [-0.25, -0.2) is 19.9 Å². The predicted molar refractivity (Wildman–Crippen MR) is 573 cm³/mol. The molecule has 21 aromatic rings. The largest absolute Gasteiger partial charge is 0.436 e. The van der Waals surface area contributed by atoms with Crippen LogP contribution < -0.4 is 40.2 Å². The zero-order valence-electron chi connectivity index (χ0n) is 83.2. The van der Waals surface area contributed by atoms with Gasteiger partial charge in [0.25, 0.3) is 5.91 Å². The number of rotatable bonds is 21. The Morgan fingerprint density at radius 1 is 0.354 bits per heavy atom. The summed E-state index contributed by atoms with van der Waals surface area (Å²) >= 11 is 1.44. The van der Waals surface area contributed by atoms with Crippen LogP contribution in [0.15, 0.2) is 271 Å². The van der Waals surface area contributed by atoms with Gasteiger partial charge in [-0.05, 0) is 353 Å². The normalized spacial score (nSPS) is 10.9. The number of anilines is 8. The molecule has 11 aromatic heterocycles. The van der Waals surface area contributed by atoms with Crippen molar-refractivity contribution in [2.24, 2.45) is 28.2 Å². The highest BCUT2D eigenvalue weighted by Crippen LogP contribution is 2.45. The predicted octanol–water partition coefficient (Wildman–Crippen LogP) is 26.4. The fourth-order valence-electron chi connectivity index (χ4n) is 17.6. The molecule has 0 bridgehead atoms. The molecule has 0 atom stereocenters. The summed E-state index contributed by atoms with van der Waals surface area (Å²) in [5.41, 5.74) is 30.0. The van der Waals surface area contributed by atoms with E-state index >= 15 is 0 Å². The van der Waals surface area contributed by atoms with E-state index in [2.05, 4.69) is 149 Å². The Labute approximate surface area is 851 Å². The maximum absolute atomic E-state index is 12.5. The van der Waals surface area contributed by atoms with Crippen molar-refractivity contribution in [3.8, 4) is 121 Å². The first kappa shape index (κ1) is 97.5. The lowest BCUT2D eigenvalue weighted by Crippen LogP contribution is -2.21. The van der Waals surface area contributed by atoms with Crippen LogP contribution in [0, 0.1) is 126 Å². The smallest absolute Gasteiger partial charge is 0.253 e. The van der Waals surface area contributed by atoms with Crippen molar-refractivity contribution in [2.75, 3.05) is 35.4 Å². The topological polar surface area (TPSA) is 386 Å². The average Bonchev–Trinajstić information content (AvgIpc) is 1.77. The van der Waals surface area contributed by atoms with E-state index in [-0.39, 0.29) is 5.91 Å². The van der Waals surface area contributed by atoms with E-state index in [0.717, 1.165) is 190 Å². The van der Waals surface area contributed by atoms with Gasteiger partial charge in [-0.15, -0.1) is 11.3 Å². The minimum atomic E-state index is -0.0361. The van der Waals surface area contributed by atoms with Crippen molar-refractivity contribution in [2.45, 2.75) is 69.2 Å². The molecule has 0 aliphatic heterocycles. The lowest BCUT2D eigenvalue weighted by atomic mass is 9.97. The Hall–Kier alpha value is -19.7. The van der Waals surface area contributed by atoms with Crippen molar-refractivity contribution in [3.63, 3.8) is 0 Å². The Kier molecular flexibility index (Phi) is 27.9. The quantitative estimate of drug-likeness (QED) is 0.0519. The van der Waals surface area contributed by atoms with Gasteiger partial charge in [0, 0.05) is 118 Å². The number of amides is 1. The van der Waals surface area contributed by atoms with E-state index in [0.29, 0.717) is 91.5 Å². The second-order valence-electron chi connectivity index (χ2n) is 35.6. The molecule has 0 aliphatic carbocycles. The number of hydrogen-bond donors (Lipinski definition) is 4. The SMILES string of the molecule is Cc1cc(-c2c(C)noc2C)cc(C)c1Oc1nc(Nc2ccc(C#N)cc2)nc2ccn(C)c12.Cc1cc(-c2cccc(C(=O)N(C)C)c2)cc(C)c1Oc1nc(Nc2ccc(C#N)cc2)nc2ccn(C)c12.Cc1cc(-c2ccnc3ccccc23)cc(C)c1Oc1nc(Nc2ccc(C#N)cc2)nc2ccn(C)c12.Cc1cc(-c2ccsc2C#N)cc(C)c1Oc1nc(Nc2ccc(C#N)cc2)nc2ccn(C)c12. The molecule has 0 unspecified atom stereocenters. The van der Waals surface area contributed by atoms with E-state index in [4.69, 9.17) is 59.5 Å². The van der Waals surface area contributed by atoms with E-state index in [9.17, 15) is 10.1 Å². The molecule has 0 radical (unpaired) electrons. The highest BCUT2D eigenvalue weighted by molar-refractivity contribution is 7.11. The Morgan fingerprint density at radius 3 is 1.03 bits per heavy atom. The zero-order chi connectivity index (χ0) is 103. The minimum Gasteiger partial charge on any atom is -0.436 e. The third-order valence-electron chi connectivity index (χ3n) is 24.7. The second-order valence-corrected chi connectivity index (χ2v) is 36.5. The Bertz CT molecular complexity index is 8810. The fourth-order valence-corrected chi connectivity index (χ4v) is 18.3. The van der Waals surface area contributed by atoms with Crippen LogP contribution >= 0.6 is 11.3 Å². The summed E-state index contributed by atoms with van der Waals surface area (Å²) in [6, 6.07) is 83.4. The summed E-state index contributed by atoms with van der Waals surface area (Å²) in [7, 11) is 11.2. The third-order valence-corrected chi connectivity index (χ3v) is 25.5. The number of aromatic nitrogens is 14. The van der Waals surface area contributed by atoms with Gasteiger partial charge in [-0.3, -0.25) is 9.78 Å². The molecular weight excluding hydrogens is 1860 g/mol. The number of nitriles is 5. The van der Waals surface area contributed by atoms with E-state index in [1.807, 2.05) is 272 Å². The van der Waals surface area contributed by atoms with Crippen LogP contribution in [0.25, 0.3) is 99.5 Å². The maximum atomic E-state index is 12.5. The van der Waals surface area contributed by atoms with Crippen LogP contribution in [0.3, 0.4) is 0 Å². The molecule has 21 rings (SSSR count). The van der Waals surface area contributed by atoms with Crippen LogP contribution in [0.4, 0.5) is 46.5 Å². The number of benzene rings is 10. The number of hydrogen-bond acceptors (Lipinski definition) is 26. The van der Waals surface area contributed by atoms with Crippen LogP contribution in [-0.2, 0) is 28.2 Å². The van der Waals surface area contributed by atoms with Crippen molar-refractivity contribution in [1.82, 2.24) is 73.2 Å². The number of pyridine rings is 1. The summed E-state index contributed by atoms with van der Waals surface area (Å²) in [4.78, 5) is 56.6. The van der Waals surface area contributed by atoms with Crippen molar-refractivity contribution in [1.29, 1.82) is 26.3 Å². The van der Waals surface area contributed by atoms with E-state index in [1.54, 1.807) is 67.5 Å². The highest BCUT2D eigenvalue weighted by atomic mass is 32.1. The number of ether oxygens (including phenoxy) is 4. The van der Waals surface area contributed by atoms with Gasteiger partial charge in [0.15, 0.2) is 0 Å². The number of carbonyl (C=O) groups is 1. The van der Waals surface area contributed by atoms with Crippen molar-refractivity contribution >= 4 is 119 Å². The Morgan fingerprint density at radius 2 is 0.694 bits per heavy atom. The molecule has 11 heterocycles. The number of nitrogens with one attached hydrogen (secondary N) is 4. The van der Waals surface area contributed by atoms with Crippen LogP contribution in [0.1, 0.15) is 93.5 Å². The van der Waals surface area contributed by atoms with Gasteiger partial charge in [-0.1, -0.05) is 35.5 Å². The molecule has 0 saturated heterocycles. The van der Waals surface area contributed by atoms with Crippen LogP contribution in [0.5, 0.6) is 46.5 Å². The number of nitrogens with zero attached hydrogens (tertiary/aromatic N) is 20. The first-order chi connectivity index (χ1) is 71.0. The van der Waals surface area contributed by atoms with Gasteiger partial charge in [0.2, 0.25) is 47.3 Å². The molecule has 0 fully saturated rings. The molecule has 0 spiro atoms. The summed E-state index contributed by atoms with van der Waals surface area (Å²) in [6.45, 7) is 20.0. The Balaban J connectivity index is 0.000000129. The number of fused-ring (bicyclic) bond motifs is 5. The number of aryl methyl sites for hydroxylation is 14. The lowest BCUT2D eigenvalue weighted by Gasteiger charge is -2.16. The van der Waals surface area contributed by atoms with Gasteiger partial charge in [-0.2, -0.15) is 46.2 Å². The van der Waals surface area contributed by atoms with Gasteiger partial charge in [0.1, 0.15) is 61.8 Å². The first-order valence-electron chi connectivity index (χ1n) is 46.7. The monoisotopic (exact) mass is 1950 g/mol. The minimum absolute atomic E-state index is 0.0361. The lowest BCUT2D eigenvalue weighted by molar-refractivity contribution is 0.0827. The van der Waals surface area contributed by atoms with Crippen LogP contribution in [-0.4, -0.2) is 93.2 Å². The van der Waals surface area contributed by atoms with Crippen molar-refractivity contribution in [3.05, 3.63) is 356 Å². The average molecular weight is 1950 g/mol. The molecule has 10 aromatic carbocycles. The van der Waals surface area contributed by atoms with Gasteiger partial charge >= 0.3 is 0 Å². The molecular formula is C116H96N24O6S. The van der Waals surface area contributed by atoms with Gasteiger partial charge < -0.3 is 67.9 Å². The molecule has 31 heteroatoms. The molecule has 0 saturated carbocycles. The van der Waals surface area contributed by atoms with E-state index < -0.39 is 0 Å².